The van der Waals surface area contributed by atoms with Crippen LogP contribution in [0.15, 0.2) is 0 Å². The minimum atomic E-state index is -1.72. The molecule has 3 unspecified atom stereocenters. The van der Waals surface area contributed by atoms with Gasteiger partial charge in [-0.05, 0) is 6.42 Å². The second kappa shape index (κ2) is 10.3. The van der Waals surface area contributed by atoms with Crippen molar-refractivity contribution in [3.8, 4) is 0 Å². The highest BCUT2D eigenvalue weighted by Crippen LogP contribution is 2.02. The lowest BCUT2D eigenvalue weighted by Crippen LogP contribution is -2.48. The van der Waals surface area contributed by atoms with Crippen LogP contribution >= 0.6 is 0 Å². The van der Waals surface area contributed by atoms with E-state index in [1.807, 2.05) is 0 Å². The number of carbonyl (C=O) groups is 1. The minimum absolute atomic E-state index is 0.432. The number of carbonyl (C=O) groups excluding carboxylic acids is 1. The average Bonchev–Trinajstić information content (AvgIpc) is 2.39. The van der Waals surface area contributed by atoms with Crippen LogP contribution in [0.25, 0.3) is 0 Å². The van der Waals surface area contributed by atoms with Crippen LogP contribution in [-0.4, -0.2) is 57.8 Å². The first-order valence-corrected chi connectivity index (χ1v) is 6.47. The van der Waals surface area contributed by atoms with E-state index in [4.69, 9.17) is 10.2 Å². The fraction of sp³-hybridized carbons (Fsp3) is 0.917. The quantitative estimate of drug-likeness (QED) is 0.330. The Morgan fingerprint density at radius 2 is 1.72 bits per heavy atom. The molecule has 0 rings (SSSR count). The Kier molecular flexibility index (Phi) is 9.86. The lowest BCUT2D eigenvalue weighted by Gasteiger charge is -2.20. The van der Waals surface area contributed by atoms with Crippen LogP contribution in [0, 0.1) is 0 Å². The van der Waals surface area contributed by atoms with Gasteiger partial charge in [0.25, 0.3) is 5.91 Å². The molecule has 0 aliphatic carbocycles. The van der Waals surface area contributed by atoms with Crippen LogP contribution < -0.4 is 5.32 Å². The number of amides is 1. The highest BCUT2D eigenvalue weighted by Gasteiger charge is 2.29. The molecule has 0 radical (unpaired) electrons. The first-order chi connectivity index (χ1) is 8.54. The molecule has 108 valence electrons. The van der Waals surface area contributed by atoms with Gasteiger partial charge in [-0.25, -0.2) is 0 Å². The van der Waals surface area contributed by atoms with Crippen LogP contribution in [0.1, 0.15) is 39.0 Å². The summed E-state index contributed by atoms with van der Waals surface area (Å²) >= 11 is 0. The zero-order valence-electron chi connectivity index (χ0n) is 10.9. The summed E-state index contributed by atoms with van der Waals surface area (Å²) in [6.07, 6.45) is 0.339. The summed E-state index contributed by atoms with van der Waals surface area (Å²) in [6.45, 7) is 1.84. The molecule has 0 aromatic carbocycles. The second-order valence-corrected chi connectivity index (χ2v) is 4.39. The van der Waals surface area contributed by atoms with Gasteiger partial charge in [-0.3, -0.25) is 4.79 Å². The summed E-state index contributed by atoms with van der Waals surface area (Å²) in [6, 6.07) is 0. The molecule has 6 nitrogen and oxygen atoms in total. The molecule has 0 spiro atoms. The smallest absolute Gasteiger partial charge is 0.251 e. The number of hydrogen-bond acceptors (Lipinski definition) is 5. The monoisotopic (exact) mass is 263 g/mol. The zero-order valence-corrected chi connectivity index (χ0v) is 10.9. The van der Waals surface area contributed by atoms with E-state index in [1.165, 1.54) is 0 Å². The maximum absolute atomic E-state index is 11.4. The van der Waals surface area contributed by atoms with Crippen molar-refractivity contribution in [2.45, 2.75) is 57.3 Å². The van der Waals surface area contributed by atoms with Crippen molar-refractivity contribution in [2.75, 3.05) is 13.2 Å². The first kappa shape index (κ1) is 17.3. The number of aliphatic hydroxyl groups excluding tert-OH is 4. The van der Waals surface area contributed by atoms with Gasteiger partial charge in [0, 0.05) is 6.54 Å². The molecule has 0 fully saturated rings. The molecular weight excluding hydrogens is 238 g/mol. The third-order valence-corrected chi connectivity index (χ3v) is 2.75. The maximum atomic E-state index is 11.4. The van der Waals surface area contributed by atoms with Gasteiger partial charge in [-0.15, -0.1) is 0 Å². The number of hydrogen-bond donors (Lipinski definition) is 5. The van der Waals surface area contributed by atoms with E-state index in [1.54, 1.807) is 0 Å². The van der Waals surface area contributed by atoms with E-state index in [9.17, 15) is 15.0 Å². The highest BCUT2D eigenvalue weighted by molar-refractivity contribution is 5.81. The number of unbranched alkanes of at least 4 members (excludes halogenated alkanes) is 4. The molecule has 0 aromatic heterocycles. The lowest BCUT2D eigenvalue weighted by atomic mass is 10.1. The second-order valence-electron chi connectivity index (χ2n) is 4.39. The summed E-state index contributed by atoms with van der Waals surface area (Å²) in [5.41, 5.74) is 0. The van der Waals surface area contributed by atoms with Crippen molar-refractivity contribution in [1.82, 2.24) is 5.32 Å². The molecule has 0 aliphatic heterocycles. The third-order valence-electron chi connectivity index (χ3n) is 2.75. The molecule has 0 saturated heterocycles. The molecule has 0 aliphatic rings. The van der Waals surface area contributed by atoms with E-state index >= 15 is 0 Å². The Hall–Kier alpha value is -0.690. The fourth-order valence-corrected chi connectivity index (χ4v) is 1.52. The summed E-state index contributed by atoms with van der Waals surface area (Å²) in [5, 5.41) is 38.8. The number of rotatable bonds is 10. The van der Waals surface area contributed by atoms with Gasteiger partial charge >= 0.3 is 0 Å². The predicted molar refractivity (Wildman–Crippen MR) is 66.9 cm³/mol. The molecule has 5 N–H and O–H groups in total. The van der Waals surface area contributed by atoms with Crippen molar-refractivity contribution < 1.29 is 25.2 Å². The van der Waals surface area contributed by atoms with Crippen LogP contribution in [0.3, 0.4) is 0 Å². The molecule has 6 heteroatoms. The topological polar surface area (TPSA) is 110 Å². The van der Waals surface area contributed by atoms with Crippen molar-refractivity contribution in [1.29, 1.82) is 0 Å². The fourth-order valence-electron chi connectivity index (χ4n) is 1.52. The standard InChI is InChI=1S/C12H25NO5/c1-2-3-4-5-6-7-13-12(18)11(17)10(16)9(15)8-14/h9-11,14-17H,2-8H2,1H3,(H,13,18). The molecule has 0 saturated carbocycles. The average molecular weight is 263 g/mol. The molecule has 0 heterocycles. The molecule has 0 aromatic rings. The predicted octanol–water partition coefficient (Wildman–Crippen LogP) is -0.852. The summed E-state index contributed by atoms with van der Waals surface area (Å²) in [4.78, 5) is 11.4. The normalized spacial score (nSPS) is 16.1. The largest absolute Gasteiger partial charge is 0.394 e. The van der Waals surface area contributed by atoms with Crippen LogP contribution in [0.2, 0.25) is 0 Å². The Morgan fingerprint density at radius 3 is 2.28 bits per heavy atom. The van der Waals surface area contributed by atoms with Crippen molar-refractivity contribution >= 4 is 5.91 Å². The lowest BCUT2D eigenvalue weighted by molar-refractivity contribution is -0.142. The Bertz CT molecular complexity index is 225. The molecule has 0 bridgehead atoms. The number of aliphatic hydroxyl groups is 4. The van der Waals surface area contributed by atoms with Gasteiger partial charge < -0.3 is 25.7 Å². The first-order valence-electron chi connectivity index (χ1n) is 6.47. The van der Waals surface area contributed by atoms with E-state index in [0.717, 1.165) is 32.1 Å². The Labute approximate surface area is 108 Å². The Morgan fingerprint density at radius 1 is 1.11 bits per heavy atom. The van der Waals surface area contributed by atoms with Crippen molar-refractivity contribution in [2.24, 2.45) is 0 Å². The van der Waals surface area contributed by atoms with E-state index in [2.05, 4.69) is 12.2 Å². The third kappa shape index (κ3) is 6.90. The maximum Gasteiger partial charge on any atom is 0.251 e. The molecule has 1 amide bonds. The van der Waals surface area contributed by atoms with E-state index in [0.29, 0.717) is 6.54 Å². The minimum Gasteiger partial charge on any atom is -0.394 e. The number of nitrogens with one attached hydrogen (secondary N) is 1. The summed E-state index contributed by atoms with van der Waals surface area (Å²) < 4.78 is 0. The van der Waals surface area contributed by atoms with E-state index < -0.39 is 30.8 Å². The van der Waals surface area contributed by atoms with Gasteiger partial charge in [-0.1, -0.05) is 32.6 Å². The summed E-state index contributed by atoms with van der Waals surface area (Å²) in [7, 11) is 0. The van der Waals surface area contributed by atoms with Gasteiger partial charge in [-0.2, -0.15) is 0 Å². The van der Waals surface area contributed by atoms with Crippen LogP contribution in [-0.2, 0) is 4.79 Å². The van der Waals surface area contributed by atoms with Gasteiger partial charge in [0.1, 0.15) is 12.2 Å². The van der Waals surface area contributed by atoms with Gasteiger partial charge in [0.2, 0.25) is 0 Å². The zero-order chi connectivity index (χ0) is 14.0. The highest BCUT2D eigenvalue weighted by atomic mass is 16.4. The molecule has 3 atom stereocenters. The van der Waals surface area contributed by atoms with Gasteiger partial charge in [0.05, 0.1) is 6.61 Å². The Balaban J connectivity index is 3.74. The molecule has 18 heavy (non-hydrogen) atoms. The summed E-state index contributed by atoms with van der Waals surface area (Å²) in [5.74, 6) is -0.731. The van der Waals surface area contributed by atoms with Gasteiger partial charge in [0.15, 0.2) is 6.10 Å². The van der Waals surface area contributed by atoms with Crippen LogP contribution in [0.5, 0.6) is 0 Å². The van der Waals surface area contributed by atoms with Crippen molar-refractivity contribution in [3.05, 3.63) is 0 Å². The molecular formula is C12H25NO5. The van der Waals surface area contributed by atoms with Crippen molar-refractivity contribution in [3.63, 3.8) is 0 Å². The van der Waals surface area contributed by atoms with Crippen LogP contribution in [0.4, 0.5) is 0 Å². The SMILES string of the molecule is CCCCCCCNC(=O)C(O)C(O)C(O)CO. The van der Waals surface area contributed by atoms with E-state index in [-0.39, 0.29) is 0 Å².